The van der Waals surface area contributed by atoms with Gasteiger partial charge in [0.05, 0.1) is 28.0 Å². The predicted octanol–water partition coefficient (Wildman–Crippen LogP) is 5.08. The van der Waals surface area contributed by atoms with E-state index in [0.29, 0.717) is 10.9 Å². The molecule has 0 N–H and O–H groups in total. The fourth-order valence-corrected chi connectivity index (χ4v) is 3.32. The molecule has 0 radical (unpaired) electrons. The van der Waals surface area contributed by atoms with Crippen molar-refractivity contribution in [1.82, 2.24) is 9.55 Å². The number of rotatable bonds is 5. The van der Waals surface area contributed by atoms with Gasteiger partial charge in [-0.1, -0.05) is 42.4 Å². The normalized spacial score (nSPS) is 10.9. The van der Waals surface area contributed by atoms with Crippen LogP contribution >= 0.6 is 35.0 Å². The van der Waals surface area contributed by atoms with E-state index in [-0.39, 0.29) is 0 Å². The van der Waals surface area contributed by atoms with Crippen molar-refractivity contribution < 1.29 is 0 Å². The maximum absolute atomic E-state index is 6.30. The second-order valence-electron chi connectivity index (χ2n) is 4.20. The molecule has 102 valence electrons. The summed E-state index contributed by atoms with van der Waals surface area (Å²) in [6.45, 7) is 4.14. The molecular formula is C14H16Cl2N2S. The van der Waals surface area contributed by atoms with Crippen LogP contribution in [0.1, 0.15) is 24.7 Å². The summed E-state index contributed by atoms with van der Waals surface area (Å²) in [5, 5.41) is 1.67. The van der Waals surface area contributed by atoms with Crippen molar-refractivity contribution in [2.45, 2.75) is 31.3 Å². The van der Waals surface area contributed by atoms with Gasteiger partial charge in [0, 0.05) is 5.75 Å². The molecule has 19 heavy (non-hydrogen) atoms. The quantitative estimate of drug-likeness (QED) is 0.566. The number of imidazole rings is 1. The van der Waals surface area contributed by atoms with Crippen LogP contribution < -0.4 is 0 Å². The zero-order valence-electron chi connectivity index (χ0n) is 11.0. The van der Waals surface area contributed by atoms with Crippen molar-refractivity contribution in [3.63, 3.8) is 0 Å². The number of nitrogens with zero attached hydrogens (tertiary/aromatic N) is 2. The molecule has 1 aromatic carbocycles. The van der Waals surface area contributed by atoms with Crippen LogP contribution in [0.4, 0.5) is 0 Å². The molecule has 0 saturated heterocycles. The Morgan fingerprint density at radius 1 is 1.32 bits per heavy atom. The van der Waals surface area contributed by atoms with E-state index in [0.717, 1.165) is 34.4 Å². The molecule has 2 nitrogen and oxygen atoms in total. The van der Waals surface area contributed by atoms with Gasteiger partial charge in [0.25, 0.3) is 0 Å². The summed E-state index contributed by atoms with van der Waals surface area (Å²) < 4.78 is 2.07. The largest absolute Gasteiger partial charge is 0.289 e. The van der Waals surface area contributed by atoms with E-state index >= 15 is 0 Å². The lowest BCUT2D eigenvalue weighted by atomic mass is 10.3. The highest BCUT2D eigenvalue weighted by atomic mass is 35.5. The SMILES string of the molecule is CCCSc1nc(C)c(CCl)n1-c1ccccc1Cl. The molecule has 0 aliphatic carbocycles. The van der Waals surface area contributed by atoms with E-state index in [4.69, 9.17) is 23.2 Å². The Hall–Kier alpha value is -0.640. The molecule has 0 bridgehead atoms. The molecule has 5 heteroatoms. The van der Waals surface area contributed by atoms with Gasteiger partial charge in [0.2, 0.25) is 0 Å². The second kappa shape index (κ2) is 6.69. The van der Waals surface area contributed by atoms with Crippen LogP contribution in [0.25, 0.3) is 5.69 Å². The summed E-state index contributed by atoms with van der Waals surface area (Å²) in [6, 6.07) is 7.78. The van der Waals surface area contributed by atoms with Gasteiger partial charge in [-0.25, -0.2) is 4.98 Å². The number of thioether (sulfide) groups is 1. The molecule has 0 spiro atoms. The Bertz CT molecular complexity index is 567. The van der Waals surface area contributed by atoms with Crippen molar-refractivity contribution in [2.75, 3.05) is 5.75 Å². The van der Waals surface area contributed by atoms with Gasteiger partial charge in [-0.05, 0) is 25.5 Å². The van der Waals surface area contributed by atoms with Crippen LogP contribution in [-0.2, 0) is 5.88 Å². The Labute approximate surface area is 128 Å². The van der Waals surface area contributed by atoms with Gasteiger partial charge >= 0.3 is 0 Å². The summed E-state index contributed by atoms with van der Waals surface area (Å²) in [5.74, 6) is 1.46. The molecule has 0 aliphatic rings. The zero-order valence-corrected chi connectivity index (χ0v) is 13.3. The second-order valence-corrected chi connectivity index (χ2v) is 5.93. The standard InChI is InChI=1S/C14H16Cl2N2S/c1-3-8-19-14-17-10(2)13(9-15)18(14)12-7-5-4-6-11(12)16/h4-7H,3,8-9H2,1-2H3. The Morgan fingerprint density at radius 2 is 2.05 bits per heavy atom. The highest BCUT2D eigenvalue weighted by Crippen LogP contribution is 2.30. The van der Waals surface area contributed by atoms with E-state index in [1.165, 1.54) is 0 Å². The average Bonchev–Trinajstić information content (AvgIpc) is 2.72. The molecule has 0 fully saturated rings. The molecule has 1 heterocycles. The highest BCUT2D eigenvalue weighted by molar-refractivity contribution is 7.99. The fourth-order valence-electron chi connectivity index (χ4n) is 1.86. The number of aryl methyl sites for hydroxylation is 1. The third kappa shape index (κ3) is 3.10. The number of halogens is 2. The minimum Gasteiger partial charge on any atom is -0.289 e. The van der Waals surface area contributed by atoms with Crippen molar-refractivity contribution in [3.05, 3.63) is 40.7 Å². The maximum Gasteiger partial charge on any atom is 0.173 e. The monoisotopic (exact) mass is 314 g/mol. The summed E-state index contributed by atoms with van der Waals surface area (Å²) in [4.78, 5) is 4.62. The molecule has 0 unspecified atom stereocenters. The first-order valence-electron chi connectivity index (χ1n) is 6.21. The lowest BCUT2D eigenvalue weighted by Crippen LogP contribution is -2.02. The minimum atomic E-state index is 0.427. The third-order valence-electron chi connectivity index (χ3n) is 2.80. The van der Waals surface area contributed by atoms with Gasteiger partial charge < -0.3 is 0 Å². The topological polar surface area (TPSA) is 17.8 Å². The lowest BCUT2D eigenvalue weighted by molar-refractivity contribution is 0.862. The smallest absolute Gasteiger partial charge is 0.173 e. The van der Waals surface area contributed by atoms with Crippen molar-refractivity contribution in [3.8, 4) is 5.69 Å². The summed E-state index contributed by atoms with van der Waals surface area (Å²) in [5.41, 5.74) is 2.92. The van der Waals surface area contributed by atoms with Gasteiger partial charge in [0.15, 0.2) is 5.16 Å². The van der Waals surface area contributed by atoms with E-state index in [2.05, 4.69) is 16.5 Å². The molecule has 0 saturated carbocycles. The van der Waals surface area contributed by atoms with Crippen LogP contribution in [0, 0.1) is 6.92 Å². The van der Waals surface area contributed by atoms with Gasteiger partial charge in [-0.3, -0.25) is 4.57 Å². The molecule has 2 rings (SSSR count). The van der Waals surface area contributed by atoms with Crippen LogP contribution in [0.5, 0.6) is 0 Å². The molecule has 0 amide bonds. The average molecular weight is 315 g/mol. The van der Waals surface area contributed by atoms with Gasteiger partial charge in [-0.15, -0.1) is 11.6 Å². The number of alkyl halides is 1. The Balaban J connectivity index is 2.56. The molecule has 1 aromatic heterocycles. The first-order chi connectivity index (χ1) is 9.19. The molecule has 2 aromatic rings. The van der Waals surface area contributed by atoms with E-state index < -0.39 is 0 Å². The van der Waals surface area contributed by atoms with Gasteiger partial charge in [0.1, 0.15) is 0 Å². The summed E-state index contributed by atoms with van der Waals surface area (Å²) in [6.07, 6.45) is 1.11. The van der Waals surface area contributed by atoms with E-state index in [1.807, 2.05) is 31.2 Å². The molecule has 0 aliphatic heterocycles. The lowest BCUT2D eigenvalue weighted by Gasteiger charge is -2.12. The Morgan fingerprint density at radius 3 is 2.68 bits per heavy atom. The van der Waals surface area contributed by atoms with Gasteiger partial charge in [-0.2, -0.15) is 0 Å². The van der Waals surface area contributed by atoms with Crippen molar-refractivity contribution >= 4 is 35.0 Å². The molecule has 0 atom stereocenters. The Kier molecular flexibility index (Phi) is 5.20. The minimum absolute atomic E-state index is 0.427. The van der Waals surface area contributed by atoms with Crippen LogP contribution in [-0.4, -0.2) is 15.3 Å². The predicted molar refractivity (Wildman–Crippen MR) is 83.9 cm³/mol. The van der Waals surface area contributed by atoms with Crippen LogP contribution in [0.15, 0.2) is 29.4 Å². The summed E-state index contributed by atoms with van der Waals surface area (Å²) in [7, 11) is 0. The number of para-hydroxylation sites is 1. The first kappa shape index (κ1) is 14.8. The van der Waals surface area contributed by atoms with Crippen LogP contribution in [0.3, 0.4) is 0 Å². The summed E-state index contributed by atoms with van der Waals surface area (Å²) >= 11 is 14.1. The van der Waals surface area contributed by atoms with Crippen molar-refractivity contribution in [1.29, 1.82) is 0 Å². The maximum atomic E-state index is 6.30. The zero-order chi connectivity index (χ0) is 13.8. The number of benzene rings is 1. The van der Waals surface area contributed by atoms with E-state index in [1.54, 1.807) is 11.8 Å². The third-order valence-corrected chi connectivity index (χ3v) is 4.51. The van der Waals surface area contributed by atoms with E-state index in [9.17, 15) is 0 Å². The fraction of sp³-hybridized carbons (Fsp3) is 0.357. The molecular weight excluding hydrogens is 299 g/mol. The highest BCUT2D eigenvalue weighted by Gasteiger charge is 2.17. The number of hydrogen-bond donors (Lipinski definition) is 0. The first-order valence-corrected chi connectivity index (χ1v) is 8.10. The van der Waals surface area contributed by atoms with Crippen LogP contribution in [0.2, 0.25) is 5.02 Å². The van der Waals surface area contributed by atoms with Crippen molar-refractivity contribution in [2.24, 2.45) is 0 Å². The number of hydrogen-bond acceptors (Lipinski definition) is 2. The number of aromatic nitrogens is 2.